The molecule has 5 heteroatoms. The summed E-state index contributed by atoms with van der Waals surface area (Å²) < 4.78 is 0. The average Bonchev–Trinajstić information content (AvgIpc) is 2.34. The van der Waals surface area contributed by atoms with E-state index in [1.54, 1.807) is 26.2 Å². The first-order valence-electron chi connectivity index (χ1n) is 5.66. The third-order valence-corrected chi connectivity index (χ3v) is 2.65. The lowest BCUT2D eigenvalue weighted by Gasteiger charge is -2.20. The van der Waals surface area contributed by atoms with Crippen molar-refractivity contribution < 1.29 is 4.79 Å². The summed E-state index contributed by atoms with van der Waals surface area (Å²) in [6.07, 6.45) is 0.439. The fourth-order valence-corrected chi connectivity index (χ4v) is 1.63. The van der Waals surface area contributed by atoms with Crippen molar-refractivity contribution in [1.29, 1.82) is 5.26 Å². The maximum atomic E-state index is 11.8. The molecule has 0 aliphatic heterocycles. The Kier molecular flexibility index (Phi) is 4.55. The molecule has 1 amide bonds. The normalized spacial score (nSPS) is 9.67. The van der Waals surface area contributed by atoms with E-state index < -0.39 is 0 Å². The quantitative estimate of drug-likeness (QED) is 0.813. The number of rotatable bonds is 4. The summed E-state index contributed by atoms with van der Waals surface area (Å²) in [5.74, 6) is -0.0760. The molecule has 2 N–H and O–H groups in total. The van der Waals surface area contributed by atoms with Gasteiger partial charge < -0.3 is 15.5 Å². The van der Waals surface area contributed by atoms with Gasteiger partial charge in [0.2, 0.25) is 0 Å². The lowest BCUT2D eigenvalue weighted by Crippen LogP contribution is -2.23. The Hall–Kier alpha value is -2.22. The molecule has 0 spiro atoms. The van der Waals surface area contributed by atoms with Crippen LogP contribution < -0.4 is 10.6 Å². The van der Waals surface area contributed by atoms with Crippen LogP contribution in [0.3, 0.4) is 0 Å². The molecular formula is C13H18N4O. The molecule has 0 bridgehead atoms. The molecule has 1 aromatic carbocycles. The van der Waals surface area contributed by atoms with Crippen LogP contribution in [0.15, 0.2) is 18.2 Å². The van der Waals surface area contributed by atoms with Gasteiger partial charge in [0.25, 0.3) is 5.91 Å². The van der Waals surface area contributed by atoms with Gasteiger partial charge in [0, 0.05) is 33.3 Å². The smallest absolute Gasteiger partial charge is 0.253 e. The molecule has 0 aliphatic rings. The monoisotopic (exact) mass is 246 g/mol. The summed E-state index contributed by atoms with van der Waals surface area (Å²) in [4.78, 5) is 15.2. The van der Waals surface area contributed by atoms with Gasteiger partial charge in [0.05, 0.1) is 23.9 Å². The zero-order chi connectivity index (χ0) is 13.7. The minimum absolute atomic E-state index is 0.0760. The number of nitrogens with zero attached hydrogens (tertiary/aromatic N) is 3. The van der Waals surface area contributed by atoms with Gasteiger partial charge in [-0.2, -0.15) is 5.26 Å². The molecule has 1 aromatic rings. The number of benzene rings is 1. The van der Waals surface area contributed by atoms with Crippen LogP contribution in [0.2, 0.25) is 0 Å². The second-order valence-electron chi connectivity index (χ2n) is 4.30. The lowest BCUT2D eigenvalue weighted by molar-refractivity contribution is 0.0827. The van der Waals surface area contributed by atoms with Gasteiger partial charge in [-0.3, -0.25) is 4.79 Å². The molecule has 0 aliphatic carbocycles. The second kappa shape index (κ2) is 5.92. The number of hydrogen-bond acceptors (Lipinski definition) is 4. The molecular weight excluding hydrogens is 228 g/mol. The second-order valence-corrected chi connectivity index (χ2v) is 4.30. The topological polar surface area (TPSA) is 73.4 Å². The minimum Gasteiger partial charge on any atom is -0.397 e. The SMILES string of the molecule is CN(C)C(=O)c1ccc(N(C)CCC#N)c(N)c1. The highest BCUT2D eigenvalue weighted by Gasteiger charge is 2.11. The fraction of sp³-hybridized carbons (Fsp3) is 0.385. The Bertz CT molecular complexity index is 476. The first kappa shape index (κ1) is 13.8. The largest absolute Gasteiger partial charge is 0.397 e. The highest BCUT2D eigenvalue weighted by Crippen LogP contribution is 2.23. The van der Waals surface area contributed by atoms with Crippen molar-refractivity contribution in [2.24, 2.45) is 0 Å². The summed E-state index contributed by atoms with van der Waals surface area (Å²) in [5, 5.41) is 8.55. The van der Waals surface area contributed by atoms with Gasteiger partial charge in [-0.05, 0) is 18.2 Å². The first-order chi connectivity index (χ1) is 8.47. The number of nitrogen functional groups attached to an aromatic ring is 1. The van der Waals surface area contributed by atoms with Crippen LogP contribution >= 0.6 is 0 Å². The lowest BCUT2D eigenvalue weighted by atomic mass is 10.1. The number of nitrogens with two attached hydrogens (primary N) is 1. The van der Waals surface area contributed by atoms with Crippen molar-refractivity contribution in [3.8, 4) is 6.07 Å². The fourth-order valence-electron chi connectivity index (χ4n) is 1.63. The zero-order valence-corrected chi connectivity index (χ0v) is 11.0. The van der Waals surface area contributed by atoms with Gasteiger partial charge in [-0.25, -0.2) is 0 Å². The van der Waals surface area contributed by atoms with E-state index in [1.807, 2.05) is 18.0 Å². The molecule has 18 heavy (non-hydrogen) atoms. The van der Waals surface area contributed by atoms with Crippen molar-refractivity contribution in [3.63, 3.8) is 0 Å². The van der Waals surface area contributed by atoms with E-state index in [0.29, 0.717) is 24.2 Å². The van der Waals surface area contributed by atoms with Crippen molar-refractivity contribution in [2.45, 2.75) is 6.42 Å². The molecule has 0 heterocycles. The molecule has 0 fully saturated rings. The summed E-state index contributed by atoms with van der Waals surface area (Å²) in [6, 6.07) is 7.31. The summed E-state index contributed by atoms with van der Waals surface area (Å²) in [5.41, 5.74) is 7.88. The van der Waals surface area contributed by atoms with Crippen LogP contribution in [-0.4, -0.2) is 38.5 Å². The van der Waals surface area contributed by atoms with Crippen molar-refractivity contribution in [2.75, 3.05) is 38.3 Å². The summed E-state index contributed by atoms with van der Waals surface area (Å²) in [7, 11) is 5.27. The predicted octanol–water partition coefficient (Wildman–Crippen LogP) is 1.32. The number of nitriles is 1. The van der Waals surface area contributed by atoms with Crippen LogP contribution in [0.1, 0.15) is 16.8 Å². The molecule has 0 aromatic heterocycles. The molecule has 0 atom stereocenters. The van der Waals surface area contributed by atoms with E-state index in [2.05, 4.69) is 6.07 Å². The summed E-state index contributed by atoms with van der Waals surface area (Å²) in [6.45, 7) is 0.613. The number of amides is 1. The Labute approximate surface area is 107 Å². The molecule has 5 nitrogen and oxygen atoms in total. The van der Waals surface area contributed by atoms with E-state index >= 15 is 0 Å². The van der Waals surface area contributed by atoms with Crippen molar-refractivity contribution in [1.82, 2.24) is 4.90 Å². The molecule has 0 unspecified atom stereocenters. The van der Waals surface area contributed by atoms with Crippen LogP contribution in [0, 0.1) is 11.3 Å². The third-order valence-electron chi connectivity index (χ3n) is 2.65. The van der Waals surface area contributed by atoms with Crippen LogP contribution in [0.25, 0.3) is 0 Å². The van der Waals surface area contributed by atoms with E-state index in [4.69, 9.17) is 11.0 Å². The molecule has 0 saturated carbocycles. The van der Waals surface area contributed by atoms with Crippen molar-refractivity contribution in [3.05, 3.63) is 23.8 Å². The standard InChI is InChI=1S/C13H18N4O/c1-16(2)13(18)10-5-6-12(11(15)9-10)17(3)8-4-7-14/h5-6,9H,4,8,15H2,1-3H3. The van der Waals surface area contributed by atoms with Crippen LogP contribution in [-0.2, 0) is 0 Å². The third kappa shape index (κ3) is 3.14. The van der Waals surface area contributed by atoms with E-state index in [1.165, 1.54) is 4.90 Å². The number of hydrogen-bond donors (Lipinski definition) is 1. The molecule has 96 valence electrons. The van der Waals surface area contributed by atoms with E-state index in [9.17, 15) is 4.79 Å². The van der Waals surface area contributed by atoms with Crippen LogP contribution in [0.5, 0.6) is 0 Å². The van der Waals surface area contributed by atoms with Crippen molar-refractivity contribution >= 4 is 17.3 Å². The van der Waals surface area contributed by atoms with Gasteiger partial charge in [0.1, 0.15) is 0 Å². The highest BCUT2D eigenvalue weighted by molar-refractivity contribution is 5.95. The minimum atomic E-state index is -0.0760. The summed E-state index contributed by atoms with van der Waals surface area (Å²) >= 11 is 0. The number of anilines is 2. The number of carbonyl (C=O) groups is 1. The molecule has 0 radical (unpaired) electrons. The zero-order valence-electron chi connectivity index (χ0n) is 11.0. The Balaban J connectivity index is 2.93. The Morgan fingerprint density at radius 3 is 2.56 bits per heavy atom. The van der Waals surface area contributed by atoms with Gasteiger partial charge in [-0.15, -0.1) is 0 Å². The van der Waals surface area contributed by atoms with Crippen LogP contribution in [0.4, 0.5) is 11.4 Å². The highest BCUT2D eigenvalue weighted by atomic mass is 16.2. The average molecular weight is 246 g/mol. The van der Waals surface area contributed by atoms with Gasteiger partial charge in [-0.1, -0.05) is 0 Å². The number of carbonyl (C=O) groups excluding carboxylic acids is 1. The van der Waals surface area contributed by atoms with Gasteiger partial charge in [0.15, 0.2) is 0 Å². The predicted molar refractivity (Wildman–Crippen MR) is 72.4 cm³/mol. The molecule has 1 rings (SSSR count). The molecule has 0 saturated heterocycles. The van der Waals surface area contributed by atoms with E-state index in [0.717, 1.165) is 5.69 Å². The maximum Gasteiger partial charge on any atom is 0.253 e. The first-order valence-corrected chi connectivity index (χ1v) is 5.66. The van der Waals surface area contributed by atoms with E-state index in [-0.39, 0.29) is 5.91 Å². The van der Waals surface area contributed by atoms with Gasteiger partial charge >= 0.3 is 0 Å². The maximum absolute atomic E-state index is 11.8. The Morgan fingerprint density at radius 1 is 1.39 bits per heavy atom. The Morgan fingerprint density at radius 2 is 2.06 bits per heavy atom.